The standard InChI is InChI=1S/C24H33NO3/c1-7-28-24(6,15-17(2)3)23(26)25-21-13-18(4)22(19(5)14-21)27-16-20-11-9-8-10-12-20/h8-14,17H,7,15-16H2,1-6H3,(H,25,26). The molecule has 0 saturated carbocycles. The Labute approximate surface area is 169 Å². The zero-order valence-electron chi connectivity index (χ0n) is 18.0. The second-order valence-corrected chi connectivity index (χ2v) is 7.93. The summed E-state index contributed by atoms with van der Waals surface area (Å²) in [5, 5.41) is 3.04. The van der Waals surface area contributed by atoms with Crippen LogP contribution in [0.15, 0.2) is 42.5 Å². The van der Waals surface area contributed by atoms with Crippen LogP contribution in [-0.2, 0) is 16.1 Å². The molecule has 1 N–H and O–H groups in total. The number of benzene rings is 2. The number of carbonyl (C=O) groups is 1. The number of carbonyl (C=O) groups excluding carboxylic acids is 1. The third-order valence-corrected chi connectivity index (χ3v) is 4.69. The van der Waals surface area contributed by atoms with Gasteiger partial charge in [0, 0.05) is 12.3 Å². The van der Waals surface area contributed by atoms with Crippen LogP contribution in [0, 0.1) is 19.8 Å². The van der Waals surface area contributed by atoms with Gasteiger partial charge in [0.1, 0.15) is 18.0 Å². The predicted molar refractivity (Wildman–Crippen MR) is 115 cm³/mol. The summed E-state index contributed by atoms with van der Waals surface area (Å²) in [5.74, 6) is 1.11. The van der Waals surface area contributed by atoms with Gasteiger partial charge in [-0.1, -0.05) is 44.2 Å². The highest BCUT2D eigenvalue weighted by Crippen LogP contribution is 2.29. The van der Waals surface area contributed by atoms with E-state index in [0.29, 0.717) is 25.6 Å². The van der Waals surface area contributed by atoms with Crippen molar-refractivity contribution in [1.82, 2.24) is 0 Å². The lowest BCUT2D eigenvalue weighted by atomic mass is 9.93. The number of rotatable bonds is 9. The molecule has 1 atom stereocenters. The fourth-order valence-corrected chi connectivity index (χ4v) is 3.56. The molecule has 0 saturated heterocycles. The maximum Gasteiger partial charge on any atom is 0.256 e. The van der Waals surface area contributed by atoms with Crippen LogP contribution in [0.2, 0.25) is 0 Å². The molecular weight excluding hydrogens is 350 g/mol. The quantitative estimate of drug-likeness (QED) is 0.607. The normalized spacial score (nSPS) is 13.2. The van der Waals surface area contributed by atoms with Gasteiger partial charge in [-0.2, -0.15) is 0 Å². The Morgan fingerprint density at radius 2 is 1.71 bits per heavy atom. The molecule has 0 spiro atoms. The van der Waals surface area contributed by atoms with Crippen molar-refractivity contribution < 1.29 is 14.3 Å². The molecule has 1 amide bonds. The minimum absolute atomic E-state index is 0.111. The third-order valence-electron chi connectivity index (χ3n) is 4.69. The first-order chi connectivity index (χ1) is 13.2. The van der Waals surface area contributed by atoms with Crippen LogP contribution in [0.3, 0.4) is 0 Å². The van der Waals surface area contributed by atoms with Gasteiger partial charge in [0.05, 0.1) is 0 Å². The van der Waals surface area contributed by atoms with E-state index in [1.54, 1.807) is 0 Å². The van der Waals surface area contributed by atoms with Crippen molar-refractivity contribution in [3.05, 3.63) is 59.2 Å². The first-order valence-electron chi connectivity index (χ1n) is 9.98. The highest BCUT2D eigenvalue weighted by atomic mass is 16.5. The first-order valence-corrected chi connectivity index (χ1v) is 9.98. The van der Waals surface area contributed by atoms with Gasteiger partial charge in [-0.25, -0.2) is 0 Å². The van der Waals surface area contributed by atoms with Gasteiger partial charge in [0.15, 0.2) is 0 Å². The topological polar surface area (TPSA) is 47.6 Å². The van der Waals surface area contributed by atoms with Crippen molar-refractivity contribution >= 4 is 11.6 Å². The number of aryl methyl sites for hydroxylation is 2. The summed E-state index contributed by atoms with van der Waals surface area (Å²) < 4.78 is 11.8. The summed E-state index contributed by atoms with van der Waals surface area (Å²) in [6.07, 6.45) is 0.670. The average Bonchev–Trinajstić information content (AvgIpc) is 2.61. The number of anilines is 1. The van der Waals surface area contributed by atoms with Gasteiger partial charge < -0.3 is 14.8 Å². The largest absolute Gasteiger partial charge is 0.488 e. The van der Waals surface area contributed by atoms with E-state index in [1.165, 1.54) is 0 Å². The molecule has 2 rings (SSSR count). The van der Waals surface area contributed by atoms with Crippen LogP contribution < -0.4 is 10.1 Å². The lowest BCUT2D eigenvalue weighted by Crippen LogP contribution is -2.44. The molecule has 2 aromatic carbocycles. The van der Waals surface area contributed by atoms with E-state index in [1.807, 2.05) is 70.2 Å². The smallest absolute Gasteiger partial charge is 0.256 e. The molecular formula is C24H33NO3. The van der Waals surface area contributed by atoms with Gasteiger partial charge in [-0.05, 0) is 68.9 Å². The van der Waals surface area contributed by atoms with Crippen LogP contribution >= 0.6 is 0 Å². The van der Waals surface area contributed by atoms with E-state index in [-0.39, 0.29) is 5.91 Å². The molecule has 4 heteroatoms. The molecule has 0 fully saturated rings. The molecule has 0 bridgehead atoms. The van der Waals surface area contributed by atoms with Crippen molar-refractivity contribution in [2.75, 3.05) is 11.9 Å². The van der Waals surface area contributed by atoms with E-state index < -0.39 is 5.60 Å². The van der Waals surface area contributed by atoms with E-state index in [4.69, 9.17) is 9.47 Å². The van der Waals surface area contributed by atoms with Gasteiger partial charge >= 0.3 is 0 Å². The number of amides is 1. The maximum absolute atomic E-state index is 12.9. The minimum atomic E-state index is -0.840. The van der Waals surface area contributed by atoms with E-state index in [2.05, 4.69) is 19.2 Å². The Morgan fingerprint density at radius 3 is 2.25 bits per heavy atom. The highest BCUT2D eigenvalue weighted by molar-refractivity contribution is 5.97. The summed E-state index contributed by atoms with van der Waals surface area (Å²) in [5.41, 5.74) is 3.04. The molecule has 0 heterocycles. The van der Waals surface area contributed by atoms with Crippen molar-refractivity contribution in [3.8, 4) is 5.75 Å². The highest BCUT2D eigenvalue weighted by Gasteiger charge is 2.34. The Balaban J connectivity index is 2.13. The SMILES string of the molecule is CCOC(C)(CC(C)C)C(=O)Nc1cc(C)c(OCc2ccccc2)c(C)c1. The Kier molecular flexibility index (Phi) is 7.64. The summed E-state index contributed by atoms with van der Waals surface area (Å²) in [7, 11) is 0. The maximum atomic E-state index is 12.9. The van der Waals surface area contributed by atoms with Crippen molar-refractivity contribution in [2.45, 2.75) is 60.2 Å². The van der Waals surface area contributed by atoms with Crippen LogP contribution in [0.4, 0.5) is 5.69 Å². The van der Waals surface area contributed by atoms with E-state index in [0.717, 1.165) is 28.1 Å². The molecule has 0 radical (unpaired) electrons. The number of hydrogen-bond acceptors (Lipinski definition) is 3. The second kappa shape index (κ2) is 9.74. The molecule has 0 aliphatic heterocycles. The van der Waals surface area contributed by atoms with Gasteiger partial charge in [-0.3, -0.25) is 4.79 Å². The Hall–Kier alpha value is -2.33. The fourth-order valence-electron chi connectivity index (χ4n) is 3.56. The summed E-state index contributed by atoms with van der Waals surface area (Å²) in [6.45, 7) is 13.0. The fraction of sp³-hybridized carbons (Fsp3) is 0.458. The van der Waals surface area contributed by atoms with Crippen LogP contribution in [0.5, 0.6) is 5.75 Å². The molecule has 28 heavy (non-hydrogen) atoms. The molecule has 4 nitrogen and oxygen atoms in total. The van der Waals surface area contributed by atoms with Crippen molar-refractivity contribution in [2.24, 2.45) is 5.92 Å². The van der Waals surface area contributed by atoms with Gasteiger partial charge in [0.2, 0.25) is 0 Å². The summed E-state index contributed by atoms with van der Waals surface area (Å²) in [4.78, 5) is 12.9. The third kappa shape index (κ3) is 5.83. The van der Waals surface area contributed by atoms with Crippen LogP contribution in [0.25, 0.3) is 0 Å². The van der Waals surface area contributed by atoms with E-state index in [9.17, 15) is 4.79 Å². The van der Waals surface area contributed by atoms with Crippen LogP contribution in [-0.4, -0.2) is 18.1 Å². The van der Waals surface area contributed by atoms with Crippen LogP contribution in [0.1, 0.15) is 50.8 Å². The minimum Gasteiger partial charge on any atom is -0.488 e. The average molecular weight is 384 g/mol. The molecule has 0 aliphatic carbocycles. The lowest BCUT2D eigenvalue weighted by Gasteiger charge is -2.30. The molecule has 0 aromatic heterocycles. The predicted octanol–water partition coefficient (Wildman–Crippen LogP) is 5.66. The molecule has 1 unspecified atom stereocenters. The zero-order chi connectivity index (χ0) is 20.7. The first kappa shape index (κ1) is 22.0. The van der Waals surface area contributed by atoms with Crippen molar-refractivity contribution in [3.63, 3.8) is 0 Å². The number of ether oxygens (including phenoxy) is 2. The second-order valence-electron chi connectivity index (χ2n) is 7.93. The Bertz CT molecular complexity index is 763. The van der Waals surface area contributed by atoms with Gasteiger partial charge in [-0.15, -0.1) is 0 Å². The monoisotopic (exact) mass is 383 g/mol. The van der Waals surface area contributed by atoms with Crippen molar-refractivity contribution in [1.29, 1.82) is 0 Å². The molecule has 152 valence electrons. The number of nitrogens with one attached hydrogen (secondary N) is 1. The lowest BCUT2D eigenvalue weighted by molar-refractivity contribution is -0.140. The summed E-state index contributed by atoms with van der Waals surface area (Å²) in [6, 6.07) is 14.0. The van der Waals surface area contributed by atoms with E-state index >= 15 is 0 Å². The molecule has 2 aromatic rings. The molecule has 0 aliphatic rings. The zero-order valence-corrected chi connectivity index (χ0v) is 18.0. The Morgan fingerprint density at radius 1 is 1.11 bits per heavy atom. The van der Waals surface area contributed by atoms with Gasteiger partial charge in [0.25, 0.3) is 5.91 Å². The number of hydrogen-bond donors (Lipinski definition) is 1. The summed E-state index contributed by atoms with van der Waals surface area (Å²) >= 11 is 0.